The van der Waals surface area contributed by atoms with Crippen LogP contribution in [0.2, 0.25) is 0 Å². The van der Waals surface area contributed by atoms with Crippen LogP contribution in [0.4, 0.5) is 0 Å². The van der Waals surface area contributed by atoms with Crippen LogP contribution in [0.5, 0.6) is 5.75 Å². The number of hydrogen-bond donors (Lipinski definition) is 0. The molecule has 4 heteroatoms. The van der Waals surface area contributed by atoms with Gasteiger partial charge >= 0.3 is 0 Å². The molecule has 1 aliphatic heterocycles. The highest BCUT2D eigenvalue weighted by Gasteiger charge is 2.32. The monoisotopic (exact) mass is 203 g/mol. The van der Waals surface area contributed by atoms with Crippen molar-refractivity contribution in [2.75, 3.05) is 0 Å². The maximum Gasteiger partial charge on any atom is 0.123 e. The molecule has 0 N–H and O–H groups in total. The van der Waals surface area contributed by atoms with Gasteiger partial charge in [-0.2, -0.15) is 0 Å². The molecule has 78 valence electrons. The Kier molecular flexibility index (Phi) is 2.29. The SMILES string of the molecule is CC1(C)CC(N=[N+]=[N-])c2ccccc2O1. The quantitative estimate of drug-likeness (QED) is 0.391. The van der Waals surface area contributed by atoms with E-state index in [1.165, 1.54) is 0 Å². The van der Waals surface area contributed by atoms with Gasteiger partial charge in [-0.05, 0) is 31.9 Å². The number of rotatable bonds is 1. The second kappa shape index (κ2) is 3.48. The first-order chi connectivity index (χ1) is 7.12. The van der Waals surface area contributed by atoms with E-state index in [9.17, 15) is 0 Å². The first-order valence-electron chi connectivity index (χ1n) is 4.94. The van der Waals surface area contributed by atoms with Gasteiger partial charge in [0, 0.05) is 10.5 Å². The van der Waals surface area contributed by atoms with Gasteiger partial charge in [0.05, 0.1) is 6.04 Å². The van der Waals surface area contributed by atoms with Crippen LogP contribution in [0.15, 0.2) is 29.4 Å². The van der Waals surface area contributed by atoms with Crippen molar-refractivity contribution in [3.8, 4) is 5.75 Å². The smallest absolute Gasteiger partial charge is 0.123 e. The highest BCUT2D eigenvalue weighted by Crippen LogP contribution is 2.41. The van der Waals surface area contributed by atoms with Gasteiger partial charge in [0.15, 0.2) is 0 Å². The zero-order chi connectivity index (χ0) is 10.9. The molecule has 1 atom stereocenters. The van der Waals surface area contributed by atoms with Crippen molar-refractivity contribution >= 4 is 0 Å². The fourth-order valence-corrected chi connectivity index (χ4v) is 1.93. The predicted octanol–water partition coefficient (Wildman–Crippen LogP) is 3.60. The molecule has 0 amide bonds. The molecule has 1 aliphatic rings. The molecule has 2 rings (SSSR count). The second-order valence-electron chi connectivity index (χ2n) is 4.32. The number of azide groups is 1. The van der Waals surface area contributed by atoms with Crippen LogP contribution in [-0.2, 0) is 0 Å². The van der Waals surface area contributed by atoms with Crippen LogP contribution in [0, 0.1) is 0 Å². The minimum atomic E-state index is -0.271. The maximum absolute atomic E-state index is 8.53. The van der Waals surface area contributed by atoms with E-state index < -0.39 is 0 Å². The minimum absolute atomic E-state index is 0.116. The van der Waals surface area contributed by atoms with Crippen molar-refractivity contribution in [1.82, 2.24) is 0 Å². The summed E-state index contributed by atoms with van der Waals surface area (Å²) >= 11 is 0. The Bertz CT molecular complexity index is 422. The fourth-order valence-electron chi connectivity index (χ4n) is 1.93. The largest absolute Gasteiger partial charge is 0.488 e. The molecule has 0 saturated carbocycles. The molecule has 0 fully saturated rings. The van der Waals surface area contributed by atoms with Gasteiger partial charge in [-0.15, -0.1) is 0 Å². The van der Waals surface area contributed by atoms with E-state index in [1.54, 1.807) is 0 Å². The molecule has 1 heterocycles. The van der Waals surface area contributed by atoms with Crippen molar-refractivity contribution in [3.05, 3.63) is 40.3 Å². The average molecular weight is 203 g/mol. The van der Waals surface area contributed by atoms with Crippen LogP contribution in [0.1, 0.15) is 31.9 Å². The third-order valence-electron chi connectivity index (χ3n) is 2.54. The molecular weight excluding hydrogens is 190 g/mol. The molecule has 0 saturated heterocycles. The summed E-state index contributed by atoms with van der Waals surface area (Å²) < 4.78 is 5.81. The lowest BCUT2D eigenvalue weighted by Crippen LogP contribution is -2.34. The molecule has 1 aromatic carbocycles. The van der Waals surface area contributed by atoms with Crippen molar-refractivity contribution in [2.45, 2.75) is 31.9 Å². The van der Waals surface area contributed by atoms with E-state index in [4.69, 9.17) is 10.3 Å². The standard InChI is InChI=1S/C11H13N3O/c1-11(2)7-9(13-14-12)8-5-3-4-6-10(8)15-11/h3-6,9H,7H2,1-2H3. The highest BCUT2D eigenvalue weighted by atomic mass is 16.5. The minimum Gasteiger partial charge on any atom is -0.488 e. The number of ether oxygens (including phenoxy) is 1. The lowest BCUT2D eigenvalue weighted by atomic mass is 9.90. The third-order valence-corrected chi connectivity index (χ3v) is 2.54. The van der Waals surface area contributed by atoms with Gasteiger partial charge in [-0.1, -0.05) is 23.3 Å². The lowest BCUT2D eigenvalue weighted by Gasteiger charge is -2.35. The highest BCUT2D eigenvalue weighted by molar-refractivity contribution is 5.38. The summed E-state index contributed by atoms with van der Waals surface area (Å²) in [5, 5.41) is 3.82. The summed E-state index contributed by atoms with van der Waals surface area (Å²) in [6.45, 7) is 4.01. The zero-order valence-electron chi connectivity index (χ0n) is 8.84. The molecular formula is C11H13N3O. The van der Waals surface area contributed by atoms with Crippen LogP contribution in [0.3, 0.4) is 0 Å². The number of nitrogens with zero attached hydrogens (tertiary/aromatic N) is 3. The van der Waals surface area contributed by atoms with Crippen LogP contribution >= 0.6 is 0 Å². The topological polar surface area (TPSA) is 58.0 Å². The van der Waals surface area contributed by atoms with Gasteiger partial charge in [0.2, 0.25) is 0 Å². The van der Waals surface area contributed by atoms with Gasteiger partial charge in [0.25, 0.3) is 0 Å². The van der Waals surface area contributed by atoms with E-state index in [2.05, 4.69) is 10.0 Å². The summed E-state index contributed by atoms with van der Waals surface area (Å²) in [5.41, 5.74) is 9.24. The Morgan fingerprint density at radius 3 is 2.93 bits per heavy atom. The van der Waals surface area contributed by atoms with Crippen LogP contribution in [-0.4, -0.2) is 5.60 Å². The summed E-state index contributed by atoms with van der Waals surface area (Å²) in [5.74, 6) is 0.825. The Labute approximate surface area is 88.5 Å². The van der Waals surface area contributed by atoms with Gasteiger partial charge in [-0.25, -0.2) is 0 Å². The molecule has 1 aromatic rings. The normalized spacial score (nSPS) is 22.1. The first-order valence-corrected chi connectivity index (χ1v) is 4.94. The van der Waals surface area contributed by atoms with Crippen molar-refractivity contribution in [1.29, 1.82) is 0 Å². The van der Waals surface area contributed by atoms with E-state index in [0.29, 0.717) is 6.42 Å². The van der Waals surface area contributed by atoms with Gasteiger partial charge < -0.3 is 4.74 Å². The number of hydrogen-bond acceptors (Lipinski definition) is 2. The lowest BCUT2D eigenvalue weighted by molar-refractivity contribution is 0.0729. The van der Waals surface area contributed by atoms with Crippen LogP contribution < -0.4 is 4.74 Å². The molecule has 4 nitrogen and oxygen atoms in total. The van der Waals surface area contributed by atoms with E-state index in [1.807, 2.05) is 38.1 Å². The number of fused-ring (bicyclic) bond motifs is 1. The molecule has 0 radical (unpaired) electrons. The summed E-state index contributed by atoms with van der Waals surface area (Å²) in [6, 6.07) is 7.60. The Morgan fingerprint density at radius 2 is 2.20 bits per heavy atom. The molecule has 1 unspecified atom stereocenters. The Morgan fingerprint density at radius 1 is 1.47 bits per heavy atom. The predicted molar refractivity (Wildman–Crippen MR) is 57.7 cm³/mol. The van der Waals surface area contributed by atoms with Gasteiger partial charge in [0.1, 0.15) is 11.4 Å². The summed E-state index contributed by atoms with van der Waals surface area (Å²) in [7, 11) is 0. The van der Waals surface area contributed by atoms with Crippen molar-refractivity contribution in [2.24, 2.45) is 5.11 Å². The van der Waals surface area contributed by atoms with Crippen molar-refractivity contribution < 1.29 is 4.74 Å². The van der Waals surface area contributed by atoms with E-state index in [0.717, 1.165) is 11.3 Å². The first kappa shape index (κ1) is 9.87. The van der Waals surface area contributed by atoms with Crippen molar-refractivity contribution in [3.63, 3.8) is 0 Å². The molecule has 0 aliphatic carbocycles. The van der Waals surface area contributed by atoms with Gasteiger partial charge in [-0.3, -0.25) is 0 Å². The fraction of sp³-hybridized carbons (Fsp3) is 0.455. The van der Waals surface area contributed by atoms with E-state index >= 15 is 0 Å². The molecule has 0 aromatic heterocycles. The zero-order valence-corrected chi connectivity index (χ0v) is 8.84. The number of benzene rings is 1. The molecule has 0 bridgehead atoms. The molecule has 0 spiro atoms. The molecule has 15 heavy (non-hydrogen) atoms. The number of para-hydroxylation sites is 1. The average Bonchev–Trinajstić information content (AvgIpc) is 2.16. The third kappa shape index (κ3) is 1.90. The van der Waals surface area contributed by atoms with Crippen LogP contribution in [0.25, 0.3) is 10.4 Å². The Balaban J connectivity index is 2.47. The summed E-state index contributed by atoms with van der Waals surface area (Å²) in [6.07, 6.45) is 0.716. The summed E-state index contributed by atoms with van der Waals surface area (Å²) in [4.78, 5) is 2.89. The maximum atomic E-state index is 8.53. The Hall–Kier alpha value is -1.67. The second-order valence-corrected chi connectivity index (χ2v) is 4.32. The van der Waals surface area contributed by atoms with E-state index in [-0.39, 0.29) is 11.6 Å².